The molecule has 0 amide bonds. The molecule has 2 rings (SSSR count). The summed E-state index contributed by atoms with van der Waals surface area (Å²) in [6, 6.07) is 14.4. The smallest absolute Gasteiger partial charge is 0.123 e. The first-order chi connectivity index (χ1) is 6.75. The minimum atomic E-state index is -0.203. The standard InChI is InChI=1S/C12H8BrF/c13-11-6-4-9(5-7-11)10-2-1-3-12(14)8-10/h1-8H. The van der Waals surface area contributed by atoms with Gasteiger partial charge in [-0.1, -0.05) is 40.2 Å². The minimum Gasteiger partial charge on any atom is -0.207 e. The van der Waals surface area contributed by atoms with Gasteiger partial charge >= 0.3 is 0 Å². The summed E-state index contributed by atoms with van der Waals surface area (Å²) in [6.45, 7) is 0. The molecule has 0 fully saturated rings. The largest absolute Gasteiger partial charge is 0.207 e. The molecular formula is C12H8BrF. The first-order valence-electron chi connectivity index (χ1n) is 4.27. The third-order valence-corrected chi connectivity index (χ3v) is 2.53. The lowest BCUT2D eigenvalue weighted by molar-refractivity contribution is 0.628. The Hall–Kier alpha value is -1.15. The molecule has 0 radical (unpaired) electrons. The molecule has 0 saturated heterocycles. The molecule has 0 N–H and O–H groups in total. The fourth-order valence-corrected chi connectivity index (χ4v) is 1.57. The summed E-state index contributed by atoms with van der Waals surface area (Å²) in [5.41, 5.74) is 1.92. The van der Waals surface area contributed by atoms with Crippen LogP contribution >= 0.6 is 15.9 Å². The molecule has 0 unspecified atom stereocenters. The number of rotatable bonds is 1. The van der Waals surface area contributed by atoms with Crippen molar-refractivity contribution in [3.8, 4) is 11.1 Å². The van der Waals surface area contributed by atoms with E-state index in [-0.39, 0.29) is 5.82 Å². The van der Waals surface area contributed by atoms with Gasteiger partial charge in [0.25, 0.3) is 0 Å². The summed E-state index contributed by atoms with van der Waals surface area (Å²) in [5.74, 6) is -0.203. The van der Waals surface area contributed by atoms with Crippen molar-refractivity contribution in [1.29, 1.82) is 0 Å². The highest BCUT2D eigenvalue weighted by molar-refractivity contribution is 9.10. The predicted octanol–water partition coefficient (Wildman–Crippen LogP) is 4.26. The summed E-state index contributed by atoms with van der Waals surface area (Å²) in [7, 11) is 0. The Morgan fingerprint density at radius 1 is 0.857 bits per heavy atom. The highest BCUT2D eigenvalue weighted by atomic mass is 79.9. The van der Waals surface area contributed by atoms with Crippen LogP contribution in [0.2, 0.25) is 0 Å². The lowest BCUT2D eigenvalue weighted by Crippen LogP contribution is -1.79. The van der Waals surface area contributed by atoms with Crippen LogP contribution in [0.15, 0.2) is 53.0 Å². The van der Waals surface area contributed by atoms with Crippen molar-refractivity contribution >= 4 is 15.9 Å². The van der Waals surface area contributed by atoms with Crippen LogP contribution in [-0.2, 0) is 0 Å². The lowest BCUT2D eigenvalue weighted by atomic mass is 10.1. The van der Waals surface area contributed by atoms with Gasteiger partial charge in [0.05, 0.1) is 0 Å². The molecule has 0 aliphatic heterocycles. The van der Waals surface area contributed by atoms with Gasteiger partial charge in [0.1, 0.15) is 5.82 Å². The van der Waals surface area contributed by atoms with Crippen molar-refractivity contribution in [1.82, 2.24) is 0 Å². The summed E-state index contributed by atoms with van der Waals surface area (Å²) in [4.78, 5) is 0. The minimum absolute atomic E-state index is 0.203. The average molecular weight is 251 g/mol. The van der Waals surface area contributed by atoms with Crippen molar-refractivity contribution in [3.63, 3.8) is 0 Å². The Labute approximate surface area is 90.5 Å². The zero-order valence-corrected chi connectivity index (χ0v) is 8.96. The van der Waals surface area contributed by atoms with Gasteiger partial charge in [0, 0.05) is 4.47 Å². The van der Waals surface area contributed by atoms with Crippen LogP contribution in [0, 0.1) is 5.82 Å². The fourth-order valence-electron chi connectivity index (χ4n) is 1.31. The third-order valence-electron chi connectivity index (χ3n) is 2.00. The summed E-state index contributed by atoms with van der Waals surface area (Å²) >= 11 is 3.36. The second-order valence-electron chi connectivity index (χ2n) is 3.02. The average Bonchev–Trinajstić information content (AvgIpc) is 2.19. The van der Waals surface area contributed by atoms with Crippen LogP contribution in [0.3, 0.4) is 0 Å². The van der Waals surface area contributed by atoms with Gasteiger partial charge in [-0.15, -0.1) is 0 Å². The molecule has 0 aliphatic rings. The van der Waals surface area contributed by atoms with E-state index in [2.05, 4.69) is 15.9 Å². The molecule has 2 aromatic carbocycles. The first kappa shape index (κ1) is 9.41. The number of benzene rings is 2. The normalized spacial score (nSPS) is 10.1. The van der Waals surface area contributed by atoms with E-state index in [0.29, 0.717) is 0 Å². The van der Waals surface area contributed by atoms with Crippen LogP contribution in [0.1, 0.15) is 0 Å². The maximum atomic E-state index is 12.9. The first-order valence-corrected chi connectivity index (χ1v) is 5.06. The molecule has 0 spiro atoms. The summed E-state index contributed by atoms with van der Waals surface area (Å²) in [5, 5.41) is 0. The van der Waals surface area contributed by atoms with E-state index in [9.17, 15) is 4.39 Å². The lowest BCUT2D eigenvalue weighted by Gasteiger charge is -2.01. The van der Waals surface area contributed by atoms with Gasteiger partial charge in [-0.05, 0) is 35.4 Å². The molecule has 14 heavy (non-hydrogen) atoms. The van der Waals surface area contributed by atoms with Crippen LogP contribution in [0.25, 0.3) is 11.1 Å². The van der Waals surface area contributed by atoms with Gasteiger partial charge in [0.2, 0.25) is 0 Å². The van der Waals surface area contributed by atoms with E-state index < -0.39 is 0 Å². The van der Waals surface area contributed by atoms with E-state index in [1.807, 2.05) is 30.3 Å². The molecule has 0 saturated carbocycles. The Morgan fingerprint density at radius 2 is 1.57 bits per heavy atom. The van der Waals surface area contributed by atoms with Crippen molar-refractivity contribution in [2.75, 3.05) is 0 Å². The topological polar surface area (TPSA) is 0 Å². The highest BCUT2D eigenvalue weighted by Crippen LogP contribution is 2.21. The van der Waals surface area contributed by atoms with Crippen LogP contribution in [-0.4, -0.2) is 0 Å². The summed E-state index contributed by atoms with van der Waals surface area (Å²) in [6.07, 6.45) is 0. The fraction of sp³-hybridized carbons (Fsp3) is 0. The Bertz CT molecular complexity index is 434. The van der Waals surface area contributed by atoms with E-state index in [4.69, 9.17) is 0 Å². The predicted molar refractivity (Wildman–Crippen MR) is 59.5 cm³/mol. The number of hydrogen-bond acceptors (Lipinski definition) is 0. The second kappa shape index (κ2) is 3.93. The second-order valence-corrected chi connectivity index (χ2v) is 3.93. The zero-order valence-electron chi connectivity index (χ0n) is 7.37. The Kier molecular flexibility index (Phi) is 2.64. The van der Waals surface area contributed by atoms with Crippen molar-refractivity contribution in [2.24, 2.45) is 0 Å². The van der Waals surface area contributed by atoms with Crippen LogP contribution in [0.4, 0.5) is 4.39 Å². The number of hydrogen-bond donors (Lipinski definition) is 0. The molecule has 0 atom stereocenters. The number of halogens is 2. The van der Waals surface area contributed by atoms with Crippen LogP contribution in [0.5, 0.6) is 0 Å². The van der Waals surface area contributed by atoms with E-state index >= 15 is 0 Å². The van der Waals surface area contributed by atoms with Gasteiger partial charge in [-0.25, -0.2) is 4.39 Å². The molecule has 2 heteroatoms. The van der Waals surface area contributed by atoms with Gasteiger partial charge in [-0.3, -0.25) is 0 Å². The Morgan fingerprint density at radius 3 is 2.21 bits per heavy atom. The van der Waals surface area contributed by atoms with Crippen molar-refractivity contribution in [3.05, 3.63) is 58.8 Å². The van der Waals surface area contributed by atoms with E-state index in [1.165, 1.54) is 12.1 Å². The maximum Gasteiger partial charge on any atom is 0.123 e. The SMILES string of the molecule is Fc1cccc(-c2ccc(Br)cc2)c1. The monoisotopic (exact) mass is 250 g/mol. The maximum absolute atomic E-state index is 12.9. The van der Waals surface area contributed by atoms with Crippen molar-refractivity contribution in [2.45, 2.75) is 0 Å². The van der Waals surface area contributed by atoms with Gasteiger partial charge < -0.3 is 0 Å². The highest BCUT2D eigenvalue weighted by Gasteiger charge is 1.98. The van der Waals surface area contributed by atoms with Crippen LogP contribution < -0.4 is 0 Å². The molecule has 2 aromatic rings. The van der Waals surface area contributed by atoms with E-state index in [0.717, 1.165) is 15.6 Å². The molecular weight excluding hydrogens is 243 g/mol. The molecule has 0 heterocycles. The molecule has 0 aromatic heterocycles. The molecule has 0 aliphatic carbocycles. The third kappa shape index (κ3) is 2.02. The van der Waals surface area contributed by atoms with E-state index in [1.54, 1.807) is 6.07 Å². The molecule has 70 valence electrons. The van der Waals surface area contributed by atoms with Crippen molar-refractivity contribution < 1.29 is 4.39 Å². The molecule has 0 bridgehead atoms. The molecule has 0 nitrogen and oxygen atoms in total. The summed E-state index contributed by atoms with van der Waals surface area (Å²) < 4.78 is 13.9. The van der Waals surface area contributed by atoms with Gasteiger partial charge in [0.15, 0.2) is 0 Å². The van der Waals surface area contributed by atoms with Gasteiger partial charge in [-0.2, -0.15) is 0 Å². The Balaban J connectivity index is 2.44. The zero-order chi connectivity index (χ0) is 9.97. The quantitative estimate of drug-likeness (QED) is 0.710.